The van der Waals surface area contributed by atoms with Crippen LogP contribution in [0.15, 0.2) is 27.8 Å². The van der Waals surface area contributed by atoms with E-state index >= 15 is 0 Å². The first-order chi connectivity index (χ1) is 7.58. The minimum absolute atomic E-state index is 0.177. The van der Waals surface area contributed by atoms with E-state index in [-0.39, 0.29) is 11.5 Å². The second kappa shape index (κ2) is 4.17. The third kappa shape index (κ3) is 2.04. The number of oxime groups is 1. The molecule has 2 rings (SSSR count). The molecule has 1 aromatic carbocycles. The number of Topliss-reactive ketones (excluding diaryl/α,β-unsaturated/α-hetero) is 1. The van der Waals surface area contributed by atoms with E-state index < -0.39 is 5.97 Å². The number of rotatable bonds is 1. The van der Waals surface area contributed by atoms with Crippen molar-refractivity contribution in [2.24, 2.45) is 5.16 Å². The van der Waals surface area contributed by atoms with Gasteiger partial charge in [-0.25, -0.2) is 4.79 Å². The van der Waals surface area contributed by atoms with Crippen LogP contribution in [-0.4, -0.2) is 17.5 Å². The summed E-state index contributed by atoms with van der Waals surface area (Å²) in [5.41, 5.74) is 1.78. The topological polar surface area (TPSA) is 55.7 Å². The van der Waals surface area contributed by atoms with Crippen molar-refractivity contribution in [1.29, 1.82) is 0 Å². The lowest BCUT2D eigenvalue weighted by Gasteiger charge is -1.95. The van der Waals surface area contributed by atoms with Gasteiger partial charge in [0, 0.05) is 23.4 Å². The van der Waals surface area contributed by atoms with E-state index in [1.165, 1.54) is 6.92 Å². The van der Waals surface area contributed by atoms with Gasteiger partial charge in [0.1, 0.15) is 5.71 Å². The smallest absolute Gasteiger partial charge is 0.318 e. The van der Waals surface area contributed by atoms with Crippen molar-refractivity contribution in [3.63, 3.8) is 0 Å². The van der Waals surface area contributed by atoms with Crippen molar-refractivity contribution in [2.75, 3.05) is 0 Å². The van der Waals surface area contributed by atoms with Crippen LogP contribution in [0.25, 0.3) is 0 Å². The van der Waals surface area contributed by atoms with E-state index in [4.69, 9.17) is 0 Å². The maximum absolute atomic E-state index is 11.8. The van der Waals surface area contributed by atoms with Gasteiger partial charge < -0.3 is 4.84 Å². The molecule has 0 saturated carbocycles. The summed E-state index contributed by atoms with van der Waals surface area (Å²) in [7, 11) is 0. The van der Waals surface area contributed by atoms with Gasteiger partial charge in [-0.2, -0.15) is 0 Å². The van der Waals surface area contributed by atoms with E-state index in [2.05, 4.69) is 25.9 Å². The number of halogens is 1. The van der Waals surface area contributed by atoms with Crippen molar-refractivity contribution in [3.05, 3.63) is 33.8 Å². The molecular weight excluding hydrogens is 274 g/mol. The van der Waals surface area contributed by atoms with Gasteiger partial charge in [0.15, 0.2) is 0 Å². The molecule has 0 heterocycles. The van der Waals surface area contributed by atoms with Gasteiger partial charge in [-0.15, -0.1) is 0 Å². The molecule has 0 fully saturated rings. The Hall–Kier alpha value is -1.49. The van der Waals surface area contributed by atoms with Crippen LogP contribution in [0.3, 0.4) is 0 Å². The third-order valence-corrected chi connectivity index (χ3v) is 2.71. The summed E-state index contributed by atoms with van der Waals surface area (Å²) in [6.45, 7) is 1.24. The van der Waals surface area contributed by atoms with E-state index in [1.54, 1.807) is 12.1 Å². The number of carbonyl (C=O) groups excluding carboxylic acids is 2. The van der Waals surface area contributed by atoms with Gasteiger partial charge in [-0.1, -0.05) is 21.1 Å². The molecule has 0 bridgehead atoms. The number of nitrogens with zero attached hydrogens (tertiary/aromatic N) is 1. The zero-order chi connectivity index (χ0) is 11.7. The van der Waals surface area contributed by atoms with Crippen molar-refractivity contribution < 1.29 is 14.4 Å². The lowest BCUT2D eigenvalue weighted by molar-refractivity contribution is -0.140. The Morgan fingerprint density at radius 3 is 2.94 bits per heavy atom. The number of hydrogen-bond donors (Lipinski definition) is 0. The first-order valence-corrected chi connectivity index (χ1v) is 5.45. The fourth-order valence-electron chi connectivity index (χ4n) is 1.54. The number of fused-ring (bicyclic) bond motifs is 1. The second-order valence-electron chi connectivity index (χ2n) is 3.43. The maximum Gasteiger partial charge on any atom is 0.331 e. The SMILES string of the molecule is CC(=O)ON=C1Cc2cc(Br)ccc2C1=O. The number of hydrogen-bond acceptors (Lipinski definition) is 4. The molecule has 82 valence electrons. The molecule has 1 aromatic rings. The quantitative estimate of drug-likeness (QED) is 0.585. The van der Waals surface area contributed by atoms with Crippen molar-refractivity contribution >= 4 is 33.4 Å². The molecule has 0 aromatic heterocycles. The highest BCUT2D eigenvalue weighted by atomic mass is 79.9. The van der Waals surface area contributed by atoms with Crippen LogP contribution in [0, 0.1) is 0 Å². The normalized spacial score (nSPS) is 16.4. The molecule has 0 unspecified atom stereocenters. The summed E-state index contributed by atoms with van der Waals surface area (Å²) >= 11 is 3.33. The standard InChI is InChI=1S/C11H8BrNO3/c1-6(14)16-13-10-5-7-4-8(12)2-3-9(7)11(10)15/h2-4H,5H2,1H3. The molecule has 5 heteroatoms. The molecule has 0 N–H and O–H groups in total. The molecule has 1 aliphatic carbocycles. The summed E-state index contributed by atoms with van der Waals surface area (Å²) in [5, 5.41) is 3.55. The van der Waals surface area contributed by atoms with Gasteiger partial charge in [-0.3, -0.25) is 4.79 Å². The number of ketones is 1. The lowest BCUT2D eigenvalue weighted by Crippen LogP contribution is -2.09. The Balaban J connectivity index is 2.30. The maximum atomic E-state index is 11.8. The van der Waals surface area contributed by atoms with Crippen LogP contribution in [0.4, 0.5) is 0 Å². The average Bonchev–Trinajstić information content (AvgIpc) is 2.52. The largest absolute Gasteiger partial charge is 0.331 e. The Morgan fingerprint density at radius 1 is 1.50 bits per heavy atom. The van der Waals surface area contributed by atoms with Gasteiger partial charge in [0.25, 0.3) is 0 Å². The Morgan fingerprint density at radius 2 is 2.25 bits per heavy atom. The molecule has 0 atom stereocenters. The van der Waals surface area contributed by atoms with Crippen LogP contribution in [0.1, 0.15) is 22.8 Å². The van der Waals surface area contributed by atoms with Crippen molar-refractivity contribution in [2.45, 2.75) is 13.3 Å². The minimum Gasteiger partial charge on any atom is -0.318 e. The van der Waals surface area contributed by atoms with E-state index in [0.29, 0.717) is 12.0 Å². The van der Waals surface area contributed by atoms with Gasteiger partial charge in [0.2, 0.25) is 5.78 Å². The molecule has 0 radical (unpaired) electrons. The van der Waals surface area contributed by atoms with Gasteiger partial charge in [0.05, 0.1) is 0 Å². The van der Waals surface area contributed by atoms with E-state index in [9.17, 15) is 9.59 Å². The second-order valence-corrected chi connectivity index (χ2v) is 4.34. The monoisotopic (exact) mass is 281 g/mol. The predicted octanol–water partition coefficient (Wildman–Crippen LogP) is 2.11. The Labute approximate surface area is 100 Å². The summed E-state index contributed by atoms with van der Waals surface area (Å²) < 4.78 is 0.910. The highest BCUT2D eigenvalue weighted by Crippen LogP contribution is 2.24. The van der Waals surface area contributed by atoms with Gasteiger partial charge >= 0.3 is 5.97 Å². The minimum atomic E-state index is -0.530. The highest BCUT2D eigenvalue weighted by Gasteiger charge is 2.27. The molecular formula is C11H8BrNO3. The zero-order valence-corrected chi connectivity index (χ0v) is 10.1. The summed E-state index contributed by atoms with van der Waals surface area (Å²) in [4.78, 5) is 26.8. The van der Waals surface area contributed by atoms with Crippen molar-refractivity contribution in [1.82, 2.24) is 0 Å². The predicted molar refractivity (Wildman–Crippen MR) is 61.4 cm³/mol. The molecule has 1 aliphatic rings. The first kappa shape index (κ1) is 11.0. The molecule has 4 nitrogen and oxygen atoms in total. The number of carbonyl (C=O) groups is 2. The van der Waals surface area contributed by atoms with Gasteiger partial charge in [-0.05, 0) is 23.8 Å². The van der Waals surface area contributed by atoms with Crippen LogP contribution in [0.5, 0.6) is 0 Å². The van der Waals surface area contributed by atoms with Crippen LogP contribution in [0.2, 0.25) is 0 Å². The lowest BCUT2D eigenvalue weighted by atomic mass is 10.1. The summed E-state index contributed by atoms with van der Waals surface area (Å²) in [6.07, 6.45) is 0.404. The number of benzene rings is 1. The summed E-state index contributed by atoms with van der Waals surface area (Å²) in [5.74, 6) is -0.707. The summed E-state index contributed by atoms with van der Waals surface area (Å²) in [6, 6.07) is 5.40. The van der Waals surface area contributed by atoms with Crippen molar-refractivity contribution in [3.8, 4) is 0 Å². The van der Waals surface area contributed by atoms with Crippen LogP contribution < -0.4 is 0 Å². The van der Waals surface area contributed by atoms with E-state index in [0.717, 1.165) is 10.0 Å². The molecule has 0 amide bonds. The zero-order valence-electron chi connectivity index (χ0n) is 8.49. The molecule has 0 aliphatic heterocycles. The molecule has 0 spiro atoms. The first-order valence-electron chi connectivity index (χ1n) is 4.65. The Bertz CT molecular complexity index is 508. The third-order valence-electron chi connectivity index (χ3n) is 2.22. The fraction of sp³-hybridized carbons (Fsp3) is 0.182. The average molecular weight is 282 g/mol. The Kier molecular flexibility index (Phi) is 2.87. The van der Waals surface area contributed by atoms with E-state index in [1.807, 2.05) is 6.07 Å². The van der Waals surface area contributed by atoms with Crippen LogP contribution in [-0.2, 0) is 16.1 Å². The van der Waals surface area contributed by atoms with Crippen LogP contribution >= 0.6 is 15.9 Å². The molecule has 0 saturated heterocycles. The molecule has 16 heavy (non-hydrogen) atoms. The fourth-order valence-corrected chi connectivity index (χ4v) is 1.95. The highest BCUT2D eigenvalue weighted by molar-refractivity contribution is 9.10.